The lowest BCUT2D eigenvalue weighted by Crippen LogP contribution is -2.34. The minimum atomic E-state index is 0.146. The number of aromatic nitrogens is 2. The SMILES string of the molecule is CC1CCn2c(nc(C3CCCNC3)cc2=O)C1. The molecular formula is C14H21N3O. The van der Waals surface area contributed by atoms with Crippen LogP contribution in [0.1, 0.15) is 43.6 Å². The Morgan fingerprint density at radius 2 is 2.33 bits per heavy atom. The van der Waals surface area contributed by atoms with Crippen LogP contribution in [0.25, 0.3) is 0 Å². The zero-order valence-corrected chi connectivity index (χ0v) is 11.0. The Kier molecular flexibility index (Phi) is 3.20. The van der Waals surface area contributed by atoms with Crippen molar-refractivity contribution in [1.82, 2.24) is 14.9 Å². The Labute approximate surface area is 107 Å². The predicted octanol–water partition coefficient (Wildman–Crippen LogP) is 1.29. The summed E-state index contributed by atoms with van der Waals surface area (Å²) in [7, 11) is 0. The molecule has 98 valence electrons. The van der Waals surface area contributed by atoms with Crippen LogP contribution in [0.5, 0.6) is 0 Å². The maximum Gasteiger partial charge on any atom is 0.253 e. The molecule has 2 unspecified atom stereocenters. The summed E-state index contributed by atoms with van der Waals surface area (Å²) in [5.74, 6) is 2.08. The highest BCUT2D eigenvalue weighted by Gasteiger charge is 2.22. The summed E-state index contributed by atoms with van der Waals surface area (Å²) in [6.45, 7) is 5.14. The van der Waals surface area contributed by atoms with Gasteiger partial charge in [-0.05, 0) is 31.7 Å². The second-order valence-corrected chi connectivity index (χ2v) is 5.73. The van der Waals surface area contributed by atoms with Gasteiger partial charge in [0, 0.05) is 31.5 Å². The monoisotopic (exact) mass is 247 g/mol. The van der Waals surface area contributed by atoms with E-state index < -0.39 is 0 Å². The maximum absolute atomic E-state index is 12.1. The van der Waals surface area contributed by atoms with Gasteiger partial charge in [-0.3, -0.25) is 9.36 Å². The Morgan fingerprint density at radius 1 is 1.44 bits per heavy atom. The summed E-state index contributed by atoms with van der Waals surface area (Å²) < 4.78 is 1.86. The third-order valence-corrected chi connectivity index (χ3v) is 4.20. The zero-order chi connectivity index (χ0) is 12.5. The highest BCUT2D eigenvalue weighted by Crippen LogP contribution is 2.23. The Morgan fingerprint density at radius 3 is 3.11 bits per heavy atom. The highest BCUT2D eigenvalue weighted by atomic mass is 16.1. The average molecular weight is 247 g/mol. The molecule has 0 aliphatic carbocycles. The molecule has 0 radical (unpaired) electrons. The van der Waals surface area contributed by atoms with Gasteiger partial charge < -0.3 is 5.32 Å². The fourth-order valence-electron chi connectivity index (χ4n) is 3.04. The molecule has 0 saturated carbocycles. The first-order chi connectivity index (χ1) is 8.74. The van der Waals surface area contributed by atoms with Gasteiger partial charge in [-0.25, -0.2) is 4.98 Å². The number of nitrogens with one attached hydrogen (secondary N) is 1. The van der Waals surface area contributed by atoms with Crippen LogP contribution in [-0.2, 0) is 13.0 Å². The van der Waals surface area contributed by atoms with Crippen LogP contribution in [0.2, 0.25) is 0 Å². The maximum atomic E-state index is 12.1. The van der Waals surface area contributed by atoms with Gasteiger partial charge in [0.05, 0.1) is 5.69 Å². The molecule has 0 bridgehead atoms. The van der Waals surface area contributed by atoms with Crippen molar-refractivity contribution in [2.75, 3.05) is 13.1 Å². The molecule has 1 N–H and O–H groups in total. The number of nitrogens with zero attached hydrogens (tertiary/aromatic N) is 2. The largest absolute Gasteiger partial charge is 0.316 e. The molecule has 1 aromatic heterocycles. The van der Waals surface area contributed by atoms with Gasteiger partial charge in [0.2, 0.25) is 0 Å². The van der Waals surface area contributed by atoms with Crippen LogP contribution in [0.4, 0.5) is 0 Å². The lowest BCUT2D eigenvalue weighted by molar-refractivity contribution is 0.386. The van der Waals surface area contributed by atoms with Gasteiger partial charge in [0.15, 0.2) is 0 Å². The number of hydrogen-bond acceptors (Lipinski definition) is 3. The van der Waals surface area contributed by atoms with Crippen molar-refractivity contribution in [3.63, 3.8) is 0 Å². The second-order valence-electron chi connectivity index (χ2n) is 5.73. The predicted molar refractivity (Wildman–Crippen MR) is 70.8 cm³/mol. The van der Waals surface area contributed by atoms with Crippen LogP contribution in [-0.4, -0.2) is 22.6 Å². The van der Waals surface area contributed by atoms with E-state index in [0.717, 1.165) is 50.4 Å². The molecule has 0 spiro atoms. The van der Waals surface area contributed by atoms with E-state index in [-0.39, 0.29) is 5.56 Å². The average Bonchev–Trinajstić information content (AvgIpc) is 2.39. The normalized spacial score (nSPS) is 27.8. The second kappa shape index (κ2) is 4.84. The molecule has 1 saturated heterocycles. The minimum absolute atomic E-state index is 0.146. The molecular weight excluding hydrogens is 226 g/mol. The Hall–Kier alpha value is -1.16. The van der Waals surface area contributed by atoms with Crippen LogP contribution in [0.3, 0.4) is 0 Å². The molecule has 0 amide bonds. The van der Waals surface area contributed by atoms with E-state index in [1.807, 2.05) is 4.57 Å². The van der Waals surface area contributed by atoms with E-state index in [1.165, 1.54) is 6.42 Å². The number of piperidine rings is 1. The van der Waals surface area contributed by atoms with Gasteiger partial charge in [0.1, 0.15) is 5.82 Å². The van der Waals surface area contributed by atoms with Gasteiger partial charge in [-0.15, -0.1) is 0 Å². The van der Waals surface area contributed by atoms with Crippen molar-refractivity contribution in [3.8, 4) is 0 Å². The van der Waals surface area contributed by atoms with Gasteiger partial charge in [-0.1, -0.05) is 6.92 Å². The fraction of sp³-hybridized carbons (Fsp3) is 0.714. The van der Waals surface area contributed by atoms with Gasteiger partial charge >= 0.3 is 0 Å². The summed E-state index contributed by atoms with van der Waals surface area (Å²) in [5.41, 5.74) is 1.15. The summed E-state index contributed by atoms with van der Waals surface area (Å²) in [4.78, 5) is 16.9. The zero-order valence-electron chi connectivity index (χ0n) is 11.0. The van der Waals surface area contributed by atoms with Crippen LogP contribution < -0.4 is 10.9 Å². The Bertz CT molecular complexity index is 488. The lowest BCUT2D eigenvalue weighted by atomic mass is 9.95. The van der Waals surface area contributed by atoms with Crippen molar-refractivity contribution < 1.29 is 0 Å². The first-order valence-electron chi connectivity index (χ1n) is 7.05. The molecule has 2 aliphatic rings. The summed E-state index contributed by atoms with van der Waals surface area (Å²) >= 11 is 0. The van der Waals surface area contributed by atoms with Crippen molar-refractivity contribution >= 4 is 0 Å². The van der Waals surface area contributed by atoms with Crippen molar-refractivity contribution in [2.45, 2.75) is 45.1 Å². The number of hydrogen-bond donors (Lipinski definition) is 1. The van der Waals surface area contributed by atoms with E-state index in [2.05, 4.69) is 12.2 Å². The molecule has 0 aromatic carbocycles. The smallest absolute Gasteiger partial charge is 0.253 e. The molecule has 2 atom stereocenters. The third kappa shape index (κ3) is 2.21. The van der Waals surface area contributed by atoms with E-state index in [1.54, 1.807) is 6.07 Å². The summed E-state index contributed by atoms with van der Waals surface area (Å²) in [6, 6.07) is 1.76. The third-order valence-electron chi connectivity index (χ3n) is 4.20. The first-order valence-corrected chi connectivity index (χ1v) is 7.05. The molecule has 3 rings (SSSR count). The molecule has 2 aliphatic heterocycles. The molecule has 1 fully saturated rings. The van der Waals surface area contributed by atoms with Crippen molar-refractivity contribution in [1.29, 1.82) is 0 Å². The molecule has 1 aromatic rings. The fourth-order valence-corrected chi connectivity index (χ4v) is 3.04. The van der Waals surface area contributed by atoms with Crippen LogP contribution in [0.15, 0.2) is 10.9 Å². The summed E-state index contributed by atoms with van der Waals surface area (Å²) in [6.07, 6.45) is 4.38. The van der Waals surface area contributed by atoms with Crippen molar-refractivity contribution in [3.05, 3.63) is 27.9 Å². The van der Waals surface area contributed by atoms with E-state index in [0.29, 0.717) is 11.8 Å². The minimum Gasteiger partial charge on any atom is -0.316 e. The molecule has 18 heavy (non-hydrogen) atoms. The van der Waals surface area contributed by atoms with E-state index in [9.17, 15) is 4.79 Å². The quantitative estimate of drug-likeness (QED) is 0.813. The van der Waals surface area contributed by atoms with Gasteiger partial charge in [0.25, 0.3) is 5.56 Å². The molecule has 4 heteroatoms. The van der Waals surface area contributed by atoms with E-state index >= 15 is 0 Å². The number of fused-ring (bicyclic) bond motifs is 1. The number of rotatable bonds is 1. The van der Waals surface area contributed by atoms with E-state index in [4.69, 9.17) is 4.98 Å². The standard InChI is InChI=1S/C14H21N3O/c1-10-4-6-17-13(7-10)16-12(8-14(17)18)11-3-2-5-15-9-11/h8,10-11,15H,2-7,9H2,1H3. The first kappa shape index (κ1) is 11.9. The lowest BCUT2D eigenvalue weighted by Gasteiger charge is -2.26. The van der Waals surface area contributed by atoms with Crippen LogP contribution in [0, 0.1) is 5.92 Å². The molecule has 4 nitrogen and oxygen atoms in total. The highest BCUT2D eigenvalue weighted by molar-refractivity contribution is 5.13. The van der Waals surface area contributed by atoms with Gasteiger partial charge in [-0.2, -0.15) is 0 Å². The summed E-state index contributed by atoms with van der Waals surface area (Å²) in [5, 5.41) is 3.39. The van der Waals surface area contributed by atoms with Crippen LogP contribution >= 0.6 is 0 Å². The topological polar surface area (TPSA) is 46.9 Å². The van der Waals surface area contributed by atoms with Crippen molar-refractivity contribution in [2.24, 2.45) is 5.92 Å². The Balaban J connectivity index is 1.94. The molecule has 3 heterocycles.